The second kappa shape index (κ2) is 5.48. The van der Waals surface area contributed by atoms with Crippen LogP contribution in [0.5, 0.6) is 0 Å². The number of halogens is 1. The van der Waals surface area contributed by atoms with E-state index in [9.17, 15) is 14.4 Å². The lowest BCUT2D eigenvalue weighted by Gasteiger charge is -2.34. The molecule has 0 aliphatic carbocycles. The summed E-state index contributed by atoms with van der Waals surface area (Å²) in [5.41, 5.74) is 3.90. The number of amides is 3. The van der Waals surface area contributed by atoms with Crippen LogP contribution >= 0.6 is 0 Å². The summed E-state index contributed by atoms with van der Waals surface area (Å²) >= 11 is 0. The first-order valence-electron chi connectivity index (χ1n) is 5.52. The van der Waals surface area contributed by atoms with Gasteiger partial charge in [-0.05, 0) is 13.8 Å². The fourth-order valence-corrected chi connectivity index (χ4v) is 2.39. The number of imide groups is 1. The van der Waals surface area contributed by atoms with Crippen molar-refractivity contribution in [2.75, 3.05) is 0 Å². The maximum atomic E-state index is 11.6. The zero-order valence-electron chi connectivity index (χ0n) is 11.0. The summed E-state index contributed by atoms with van der Waals surface area (Å²) in [6, 6.07) is 0. The van der Waals surface area contributed by atoms with E-state index >= 15 is 0 Å². The molecule has 0 aromatic carbocycles. The Labute approximate surface area is 124 Å². The standard InChI is InChI=1S/C12H18N2O3.HI/c1-11(2,10(13)17)7-12(3,4)14-8(15)5-6-9(14)16;/h5-6H,7H2,1-4H3,(H2,13,17);1H. The van der Waals surface area contributed by atoms with Gasteiger partial charge in [-0.2, -0.15) is 4.90 Å². The number of nitrogens with one attached hydrogen (secondary N) is 1. The van der Waals surface area contributed by atoms with Gasteiger partial charge in [-0.1, -0.05) is 13.8 Å². The predicted molar refractivity (Wildman–Crippen MR) is 61.8 cm³/mol. The van der Waals surface area contributed by atoms with Gasteiger partial charge < -0.3 is 29.7 Å². The van der Waals surface area contributed by atoms with E-state index in [1.165, 1.54) is 12.2 Å². The summed E-state index contributed by atoms with van der Waals surface area (Å²) in [7, 11) is 0. The van der Waals surface area contributed by atoms with Crippen molar-refractivity contribution in [1.82, 2.24) is 0 Å². The first-order chi connectivity index (χ1) is 7.58. The van der Waals surface area contributed by atoms with Crippen LogP contribution in [0.1, 0.15) is 34.1 Å². The maximum absolute atomic E-state index is 11.6. The molecule has 1 aliphatic rings. The number of carbonyl (C=O) groups is 3. The van der Waals surface area contributed by atoms with E-state index in [0.717, 1.165) is 0 Å². The SMILES string of the molecule is CC(C)(CC(C)(C)[NH+]1C(=O)C=CC1=O)C(N)=O.[I-]. The smallest absolute Gasteiger partial charge is 0.345 e. The van der Waals surface area contributed by atoms with Crippen LogP contribution in [0.2, 0.25) is 0 Å². The average molecular weight is 366 g/mol. The number of quaternary nitrogens is 1. The van der Waals surface area contributed by atoms with Gasteiger partial charge in [0.15, 0.2) is 0 Å². The number of primary amides is 1. The molecule has 0 aromatic rings. The Morgan fingerprint density at radius 3 is 1.89 bits per heavy atom. The van der Waals surface area contributed by atoms with Gasteiger partial charge in [-0.15, -0.1) is 0 Å². The normalized spacial score (nSPS) is 16.9. The average Bonchev–Trinajstić information content (AvgIpc) is 2.44. The highest BCUT2D eigenvalue weighted by Gasteiger charge is 2.47. The minimum atomic E-state index is -0.750. The molecule has 1 heterocycles. The summed E-state index contributed by atoms with van der Waals surface area (Å²) in [5.74, 6) is -0.961. The van der Waals surface area contributed by atoms with Crippen LogP contribution in [0.4, 0.5) is 0 Å². The van der Waals surface area contributed by atoms with E-state index in [-0.39, 0.29) is 40.7 Å². The molecule has 5 nitrogen and oxygen atoms in total. The topological polar surface area (TPSA) is 81.7 Å². The third-order valence-corrected chi connectivity index (χ3v) is 3.11. The van der Waals surface area contributed by atoms with Gasteiger partial charge in [-0.3, -0.25) is 4.79 Å². The molecule has 0 unspecified atom stereocenters. The first kappa shape index (κ1) is 17.2. The Bertz CT molecular complexity index is 396. The molecule has 0 saturated heterocycles. The minimum absolute atomic E-state index is 0. The van der Waals surface area contributed by atoms with Crippen LogP contribution in [-0.4, -0.2) is 23.3 Å². The first-order valence-corrected chi connectivity index (χ1v) is 5.52. The number of rotatable bonds is 4. The molecular weight excluding hydrogens is 347 g/mol. The lowest BCUT2D eigenvalue weighted by Crippen LogP contribution is -3.22. The lowest BCUT2D eigenvalue weighted by molar-refractivity contribution is -0.791. The third kappa shape index (κ3) is 3.38. The van der Waals surface area contributed by atoms with E-state index in [1.807, 2.05) is 0 Å². The Morgan fingerprint density at radius 1 is 1.17 bits per heavy atom. The minimum Gasteiger partial charge on any atom is -1.00 e. The molecule has 0 atom stereocenters. The van der Waals surface area contributed by atoms with E-state index < -0.39 is 16.9 Å². The van der Waals surface area contributed by atoms with Crippen molar-refractivity contribution in [2.45, 2.75) is 39.7 Å². The predicted octanol–water partition coefficient (Wildman–Crippen LogP) is -3.82. The van der Waals surface area contributed by atoms with Crippen LogP contribution in [0.3, 0.4) is 0 Å². The second-order valence-corrected chi connectivity index (χ2v) is 5.75. The van der Waals surface area contributed by atoms with Crippen molar-refractivity contribution >= 4 is 17.7 Å². The largest absolute Gasteiger partial charge is 1.00 e. The highest BCUT2D eigenvalue weighted by atomic mass is 127. The number of hydrogen-bond donors (Lipinski definition) is 2. The molecule has 1 aliphatic heterocycles. The van der Waals surface area contributed by atoms with E-state index in [1.54, 1.807) is 27.7 Å². The van der Waals surface area contributed by atoms with Crippen LogP contribution in [0.15, 0.2) is 12.2 Å². The summed E-state index contributed by atoms with van der Waals surface area (Å²) in [6.45, 7) is 7.01. The van der Waals surface area contributed by atoms with Crippen molar-refractivity contribution in [3.8, 4) is 0 Å². The molecule has 0 saturated carbocycles. The third-order valence-electron chi connectivity index (χ3n) is 3.11. The quantitative estimate of drug-likeness (QED) is 0.395. The zero-order chi connectivity index (χ0) is 13.4. The van der Waals surface area contributed by atoms with Gasteiger partial charge in [0.1, 0.15) is 5.54 Å². The van der Waals surface area contributed by atoms with Crippen LogP contribution in [-0.2, 0) is 14.4 Å². The fraction of sp³-hybridized carbons (Fsp3) is 0.583. The van der Waals surface area contributed by atoms with Crippen LogP contribution < -0.4 is 34.6 Å². The van der Waals surface area contributed by atoms with E-state index in [4.69, 9.17) is 5.73 Å². The van der Waals surface area contributed by atoms with Gasteiger partial charge >= 0.3 is 11.8 Å². The van der Waals surface area contributed by atoms with Crippen molar-refractivity contribution in [1.29, 1.82) is 0 Å². The van der Waals surface area contributed by atoms with Gasteiger partial charge in [0.25, 0.3) is 0 Å². The number of nitrogens with two attached hydrogens (primary N) is 1. The van der Waals surface area contributed by atoms with E-state index in [0.29, 0.717) is 6.42 Å². The van der Waals surface area contributed by atoms with E-state index in [2.05, 4.69) is 0 Å². The fourth-order valence-electron chi connectivity index (χ4n) is 2.39. The summed E-state index contributed by atoms with van der Waals surface area (Å²) < 4.78 is 0. The molecule has 0 bridgehead atoms. The molecule has 0 spiro atoms. The summed E-state index contributed by atoms with van der Waals surface area (Å²) in [5, 5.41) is 0. The van der Waals surface area contributed by atoms with Crippen molar-refractivity contribution in [3.63, 3.8) is 0 Å². The summed E-state index contributed by atoms with van der Waals surface area (Å²) in [6.07, 6.45) is 2.91. The Hall–Kier alpha value is -0.760. The molecule has 6 heteroatoms. The van der Waals surface area contributed by atoms with Crippen LogP contribution in [0.25, 0.3) is 0 Å². The Balaban J connectivity index is 0.00000289. The van der Waals surface area contributed by atoms with Crippen molar-refractivity contribution in [3.05, 3.63) is 12.2 Å². The van der Waals surface area contributed by atoms with Crippen LogP contribution in [0, 0.1) is 5.41 Å². The molecule has 0 aromatic heterocycles. The molecule has 0 radical (unpaired) electrons. The Morgan fingerprint density at radius 2 is 1.56 bits per heavy atom. The summed E-state index contributed by atoms with van der Waals surface area (Å²) in [4.78, 5) is 34.8. The molecular formula is C12H19IN2O3. The van der Waals surface area contributed by atoms with Gasteiger partial charge in [0, 0.05) is 11.8 Å². The van der Waals surface area contributed by atoms with Gasteiger partial charge in [-0.25, -0.2) is 9.59 Å². The monoisotopic (exact) mass is 366 g/mol. The van der Waals surface area contributed by atoms with Gasteiger partial charge in [0.2, 0.25) is 5.91 Å². The molecule has 1 rings (SSSR count). The molecule has 3 N–H and O–H groups in total. The van der Waals surface area contributed by atoms with Crippen molar-refractivity contribution < 1.29 is 43.3 Å². The molecule has 102 valence electrons. The molecule has 18 heavy (non-hydrogen) atoms. The molecule has 3 amide bonds. The zero-order valence-corrected chi connectivity index (χ0v) is 13.2. The maximum Gasteiger partial charge on any atom is 0.345 e. The number of hydrogen-bond acceptors (Lipinski definition) is 3. The highest BCUT2D eigenvalue weighted by molar-refractivity contribution is 6.01. The Kier molecular flexibility index (Phi) is 5.25. The number of carbonyl (C=O) groups excluding carboxylic acids is 3. The van der Waals surface area contributed by atoms with Crippen molar-refractivity contribution in [2.24, 2.45) is 11.1 Å². The van der Waals surface area contributed by atoms with Gasteiger partial charge in [0.05, 0.1) is 12.2 Å². The molecule has 0 fully saturated rings. The second-order valence-electron chi connectivity index (χ2n) is 5.75. The lowest BCUT2D eigenvalue weighted by atomic mass is 9.78. The highest BCUT2D eigenvalue weighted by Crippen LogP contribution is 2.26.